The van der Waals surface area contributed by atoms with Crippen molar-refractivity contribution in [3.63, 3.8) is 0 Å². The highest BCUT2D eigenvalue weighted by molar-refractivity contribution is 5.96. The molecule has 15 heavy (non-hydrogen) atoms. The largest absolute Gasteiger partial charge is 0.338 e. The van der Waals surface area contributed by atoms with E-state index in [9.17, 15) is 4.79 Å². The van der Waals surface area contributed by atoms with Crippen LogP contribution < -0.4 is 5.32 Å². The Labute approximate surface area is 88.1 Å². The number of hydrogen-bond donors (Lipinski definition) is 1. The van der Waals surface area contributed by atoms with Gasteiger partial charge in [0.1, 0.15) is 5.41 Å². The number of rotatable bonds is 2. The molecule has 1 N–H and O–H groups in total. The third-order valence-electron chi connectivity index (χ3n) is 2.23. The molecule has 0 unspecified atom stereocenters. The van der Waals surface area contributed by atoms with E-state index in [1.54, 1.807) is 27.7 Å². The Morgan fingerprint density at radius 3 is 2.53 bits per heavy atom. The molecule has 5 heteroatoms. The summed E-state index contributed by atoms with van der Waals surface area (Å²) in [6, 6.07) is 1.91. The van der Waals surface area contributed by atoms with E-state index in [1.807, 2.05) is 6.07 Å². The topological polar surface area (TPSA) is 78.9 Å². The summed E-state index contributed by atoms with van der Waals surface area (Å²) < 4.78 is 4.91. The molecule has 5 nitrogen and oxygen atoms in total. The molecule has 0 aliphatic carbocycles. The molecule has 1 amide bonds. The number of nitriles is 1. The molecule has 0 saturated heterocycles. The molecule has 0 bridgehead atoms. The van der Waals surface area contributed by atoms with Crippen LogP contribution in [0.25, 0.3) is 0 Å². The number of nitrogens with one attached hydrogen (secondary N) is 1. The number of carbonyl (C=O) groups excluding carboxylic acids is 1. The van der Waals surface area contributed by atoms with Gasteiger partial charge < -0.3 is 4.52 Å². The summed E-state index contributed by atoms with van der Waals surface area (Å²) in [5.41, 5.74) is 0.421. The van der Waals surface area contributed by atoms with Crippen molar-refractivity contribution >= 4 is 11.8 Å². The van der Waals surface area contributed by atoms with Crippen LogP contribution in [0.5, 0.6) is 0 Å². The van der Waals surface area contributed by atoms with Crippen molar-refractivity contribution in [2.75, 3.05) is 5.32 Å². The quantitative estimate of drug-likeness (QED) is 0.801. The van der Waals surface area contributed by atoms with E-state index in [0.29, 0.717) is 5.88 Å². The SMILES string of the molecule is Cc1noc(NC(=O)C(C)(C)C#N)c1C. The Balaban J connectivity index is 2.85. The Morgan fingerprint density at radius 2 is 2.13 bits per heavy atom. The van der Waals surface area contributed by atoms with E-state index in [0.717, 1.165) is 11.3 Å². The Morgan fingerprint density at radius 1 is 1.53 bits per heavy atom. The molecule has 1 aromatic heterocycles. The molecule has 0 aliphatic rings. The Hall–Kier alpha value is -1.83. The fourth-order valence-corrected chi connectivity index (χ4v) is 0.842. The highest BCUT2D eigenvalue weighted by atomic mass is 16.5. The average molecular weight is 207 g/mol. The summed E-state index contributed by atoms with van der Waals surface area (Å²) in [5.74, 6) is -0.0925. The van der Waals surface area contributed by atoms with Crippen LogP contribution in [0.1, 0.15) is 25.1 Å². The number of aryl methyl sites for hydroxylation is 1. The molecule has 0 radical (unpaired) electrons. The van der Waals surface area contributed by atoms with E-state index < -0.39 is 11.3 Å². The summed E-state index contributed by atoms with van der Waals surface area (Å²) in [4.78, 5) is 11.6. The third-order valence-corrected chi connectivity index (χ3v) is 2.23. The third kappa shape index (κ3) is 2.15. The van der Waals surface area contributed by atoms with E-state index in [2.05, 4.69) is 10.5 Å². The van der Waals surface area contributed by atoms with Gasteiger partial charge in [0, 0.05) is 5.56 Å². The second kappa shape index (κ2) is 3.73. The summed E-state index contributed by atoms with van der Waals surface area (Å²) in [7, 11) is 0. The van der Waals surface area contributed by atoms with E-state index in [-0.39, 0.29) is 0 Å². The molecule has 1 heterocycles. The summed E-state index contributed by atoms with van der Waals surface area (Å²) in [5, 5.41) is 15.0. The van der Waals surface area contributed by atoms with Crippen molar-refractivity contribution in [2.24, 2.45) is 5.41 Å². The van der Waals surface area contributed by atoms with Gasteiger partial charge in [-0.25, -0.2) is 0 Å². The van der Waals surface area contributed by atoms with Crippen molar-refractivity contribution in [3.05, 3.63) is 11.3 Å². The van der Waals surface area contributed by atoms with Gasteiger partial charge in [-0.05, 0) is 27.7 Å². The van der Waals surface area contributed by atoms with Crippen LogP contribution in [-0.2, 0) is 4.79 Å². The first kappa shape index (κ1) is 11.2. The van der Waals surface area contributed by atoms with Crippen LogP contribution in [-0.4, -0.2) is 11.1 Å². The van der Waals surface area contributed by atoms with Crippen molar-refractivity contribution in [1.29, 1.82) is 5.26 Å². The van der Waals surface area contributed by atoms with Crippen LogP contribution in [0, 0.1) is 30.6 Å². The molecule has 80 valence electrons. The maximum atomic E-state index is 11.6. The summed E-state index contributed by atoms with van der Waals surface area (Å²) >= 11 is 0. The van der Waals surface area contributed by atoms with Crippen LogP contribution in [0.3, 0.4) is 0 Å². The first-order valence-electron chi connectivity index (χ1n) is 4.54. The van der Waals surface area contributed by atoms with Crippen LogP contribution >= 0.6 is 0 Å². The Bertz CT molecular complexity index is 426. The Kier molecular flexibility index (Phi) is 2.80. The first-order valence-corrected chi connectivity index (χ1v) is 4.54. The van der Waals surface area contributed by atoms with Crippen molar-refractivity contribution in [3.8, 4) is 6.07 Å². The van der Waals surface area contributed by atoms with Gasteiger partial charge in [0.2, 0.25) is 11.8 Å². The molecule has 0 atom stereocenters. The minimum atomic E-state index is -1.08. The molecule has 1 aromatic rings. The standard InChI is InChI=1S/C10H13N3O2/c1-6-7(2)13-15-8(6)12-9(14)10(3,4)5-11/h1-4H3,(H,12,14). The van der Waals surface area contributed by atoms with Crippen LogP contribution in [0.2, 0.25) is 0 Å². The predicted molar refractivity (Wildman–Crippen MR) is 54.0 cm³/mol. The number of carbonyl (C=O) groups is 1. The summed E-state index contributed by atoms with van der Waals surface area (Å²) in [6.07, 6.45) is 0. The normalized spacial score (nSPS) is 10.9. The zero-order chi connectivity index (χ0) is 11.6. The number of amides is 1. The smallest absolute Gasteiger partial charge is 0.246 e. The molecular formula is C10H13N3O2. The number of nitrogens with zero attached hydrogens (tertiary/aromatic N) is 2. The molecule has 0 aromatic carbocycles. The average Bonchev–Trinajstić information content (AvgIpc) is 2.49. The zero-order valence-corrected chi connectivity index (χ0v) is 9.21. The van der Waals surface area contributed by atoms with Crippen LogP contribution in [0.15, 0.2) is 4.52 Å². The van der Waals surface area contributed by atoms with Crippen molar-refractivity contribution in [2.45, 2.75) is 27.7 Å². The molecular weight excluding hydrogens is 194 g/mol. The fraction of sp³-hybridized carbons (Fsp3) is 0.500. The second-order valence-corrected chi connectivity index (χ2v) is 3.91. The lowest BCUT2D eigenvalue weighted by Crippen LogP contribution is -2.29. The van der Waals surface area contributed by atoms with E-state index in [4.69, 9.17) is 9.78 Å². The highest BCUT2D eigenvalue weighted by Gasteiger charge is 2.28. The van der Waals surface area contributed by atoms with Crippen molar-refractivity contribution < 1.29 is 9.32 Å². The van der Waals surface area contributed by atoms with Gasteiger partial charge in [-0.15, -0.1) is 0 Å². The second-order valence-electron chi connectivity index (χ2n) is 3.91. The van der Waals surface area contributed by atoms with Gasteiger partial charge in [0.25, 0.3) is 0 Å². The monoisotopic (exact) mass is 207 g/mol. The molecule has 0 saturated carbocycles. The molecule has 0 fully saturated rings. The minimum absolute atomic E-state index is 0.306. The number of hydrogen-bond acceptors (Lipinski definition) is 4. The van der Waals surface area contributed by atoms with Gasteiger partial charge >= 0.3 is 0 Å². The molecule has 0 spiro atoms. The zero-order valence-electron chi connectivity index (χ0n) is 9.21. The predicted octanol–water partition coefficient (Wildman–Crippen LogP) is 1.78. The van der Waals surface area contributed by atoms with Gasteiger partial charge in [-0.2, -0.15) is 5.26 Å². The summed E-state index contributed by atoms with van der Waals surface area (Å²) in [6.45, 7) is 6.66. The minimum Gasteiger partial charge on any atom is -0.338 e. The first-order chi connectivity index (χ1) is 6.88. The lowest BCUT2D eigenvalue weighted by atomic mass is 9.95. The van der Waals surface area contributed by atoms with Gasteiger partial charge in [0.05, 0.1) is 11.8 Å². The lowest BCUT2D eigenvalue weighted by Gasteiger charge is -2.13. The lowest BCUT2D eigenvalue weighted by molar-refractivity contribution is -0.121. The fourth-order valence-electron chi connectivity index (χ4n) is 0.842. The van der Waals surface area contributed by atoms with Gasteiger partial charge in [-0.3, -0.25) is 10.1 Å². The van der Waals surface area contributed by atoms with Gasteiger partial charge in [0.15, 0.2) is 0 Å². The molecule has 1 rings (SSSR count). The molecule has 0 aliphatic heterocycles. The van der Waals surface area contributed by atoms with E-state index >= 15 is 0 Å². The maximum absolute atomic E-state index is 11.6. The van der Waals surface area contributed by atoms with Gasteiger partial charge in [-0.1, -0.05) is 5.16 Å². The number of anilines is 1. The number of aromatic nitrogens is 1. The highest BCUT2D eigenvalue weighted by Crippen LogP contribution is 2.21. The maximum Gasteiger partial charge on any atom is 0.246 e. The van der Waals surface area contributed by atoms with Crippen LogP contribution in [0.4, 0.5) is 5.88 Å². The van der Waals surface area contributed by atoms with Crippen molar-refractivity contribution in [1.82, 2.24) is 5.16 Å². The van der Waals surface area contributed by atoms with E-state index in [1.165, 1.54) is 0 Å².